The average molecular weight is 241 g/mol. The zero-order chi connectivity index (χ0) is 13.4. The van der Waals surface area contributed by atoms with Crippen molar-refractivity contribution in [2.45, 2.75) is 27.7 Å². The predicted octanol–water partition coefficient (Wildman–Crippen LogP) is 2.99. The fourth-order valence-electron chi connectivity index (χ4n) is 2.62. The van der Waals surface area contributed by atoms with Crippen molar-refractivity contribution in [3.8, 4) is 11.3 Å². The van der Waals surface area contributed by atoms with Crippen LogP contribution in [0.15, 0.2) is 24.4 Å². The molecule has 2 rings (SSSR count). The van der Waals surface area contributed by atoms with Gasteiger partial charge in [0.2, 0.25) is 5.69 Å². The largest absolute Gasteiger partial charge is 0.398 e. The molecule has 0 saturated heterocycles. The van der Waals surface area contributed by atoms with Crippen molar-refractivity contribution < 1.29 is 4.57 Å². The van der Waals surface area contributed by atoms with E-state index in [-0.39, 0.29) is 0 Å². The number of nitrogens with zero attached hydrogens (tertiary/aromatic N) is 1. The Hall–Kier alpha value is -1.83. The van der Waals surface area contributed by atoms with Gasteiger partial charge >= 0.3 is 0 Å². The first kappa shape index (κ1) is 12.6. The Balaban J connectivity index is 2.73. The summed E-state index contributed by atoms with van der Waals surface area (Å²) in [6.45, 7) is 8.46. The van der Waals surface area contributed by atoms with Gasteiger partial charge in [-0.3, -0.25) is 0 Å². The van der Waals surface area contributed by atoms with Crippen LogP contribution < -0.4 is 10.3 Å². The monoisotopic (exact) mass is 241 g/mol. The van der Waals surface area contributed by atoms with Gasteiger partial charge in [-0.05, 0) is 51.0 Å². The smallest absolute Gasteiger partial charge is 0.215 e. The molecular formula is C16H21N2+. The third-order valence-electron chi connectivity index (χ3n) is 3.44. The number of benzene rings is 1. The highest BCUT2D eigenvalue weighted by atomic mass is 14.9. The molecule has 0 aliphatic heterocycles. The van der Waals surface area contributed by atoms with Gasteiger partial charge in [-0.15, -0.1) is 0 Å². The Labute approximate surface area is 109 Å². The van der Waals surface area contributed by atoms with Gasteiger partial charge < -0.3 is 5.73 Å². The number of rotatable bonds is 1. The minimum atomic E-state index is 0.857. The van der Waals surface area contributed by atoms with Crippen LogP contribution in [-0.4, -0.2) is 0 Å². The molecule has 0 amide bonds. The average Bonchev–Trinajstić information content (AvgIpc) is 2.24. The number of hydrogen-bond donors (Lipinski definition) is 1. The van der Waals surface area contributed by atoms with E-state index in [9.17, 15) is 0 Å². The molecule has 2 nitrogen and oxygen atoms in total. The number of aryl methyl sites for hydroxylation is 5. The van der Waals surface area contributed by atoms with Crippen LogP contribution in [0.1, 0.15) is 22.3 Å². The quantitative estimate of drug-likeness (QED) is 0.603. The van der Waals surface area contributed by atoms with Gasteiger partial charge in [0.05, 0.1) is 5.56 Å². The van der Waals surface area contributed by atoms with E-state index in [4.69, 9.17) is 5.73 Å². The Morgan fingerprint density at radius 3 is 2.17 bits per heavy atom. The molecule has 0 aliphatic rings. The number of nitrogens with two attached hydrogens (primary N) is 1. The van der Waals surface area contributed by atoms with Crippen molar-refractivity contribution >= 4 is 5.69 Å². The van der Waals surface area contributed by atoms with Gasteiger partial charge in [-0.2, -0.15) is 0 Å². The number of anilines is 1. The Morgan fingerprint density at radius 2 is 1.56 bits per heavy atom. The number of aromatic nitrogens is 1. The van der Waals surface area contributed by atoms with E-state index in [0.29, 0.717) is 0 Å². The maximum Gasteiger partial charge on any atom is 0.215 e. The molecule has 0 saturated carbocycles. The Morgan fingerprint density at radius 1 is 0.889 bits per heavy atom. The zero-order valence-electron chi connectivity index (χ0n) is 11.8. The lowest BCUT2D eigenvalue weighted by molar-refractivity contribution is -0.661. The lowest BCUT2D eigenvalue weighted by Crippen LogP contribution is -2.32. The van der Waals surface area contributed by atoms with Crippen molar-refractivity contribution in [3.63, 3.8) is 0 Å². The van der Waals surface area contributed by atoms with Crippen molar-refractivity contribution in [2.24, 2.45) is 7.05 Å². The molecule has 0 unspecified atom stereocenters. The van der Waals surface area contributed by atoms with E-state index < -0.39 is 0 Å². The lowest BCUT2D eigenvalue weighted by Gasteiger charge is -2.10. The number of pyridine rings is 1. The molecule has 2 heteroatoms. The second-order valence-corrected chi connectivity index (χ2v) is 5.18. The second-order valence-electron chi connectivity index (χ2n) is 5.18. The van der Waals surface area contributed by atoms with Crippen LogP contribution in [0.25, 0.3) is 11.3 Å². The third kappa shape index (κ3) is 2.10. The third-order valence-corrected chi connectivity index (χ3v) is 3.44. The zero-order valence-corrected chi connectivity index (χ0v) is 11.8. The summed E-state index contributed by atoms with van der Waals surface area (Å²) in [6.07, 6.45) is 2.15. The Bertz CT molecular complexity index is 590. The summed E-state index contributed by atoms with van der Waals surface area (Å²) in [5.74, 6) is 0. The molecule has 0 aliphatic carbocycles. The maximum atomic E-state index is 6.05. The van der Waals surface area contributed by atoms with Gasteiger partial charge in [0.15, 0.2) is 6.20 Å². The van der Waals surface area contributed by atoms with Gasteiger partial charge in [0.1, 0.15) is 7.05 Å². The molecule has 0 fully saturated rings. The van der Waals surface area contributed by atoms with Crippen LogP contribution in [0.2, 0.25) is 0 Å². The molecule has 94 valence electrons. The van der Waals surface area contributed by atoms with E-state index in [0.717, 1.165) is 11.3 Å². The van der Waals surface area contributed by atoms with E-state index in [1.807, 2.05) is 6.92 Å². The molecule has 0 radical (unpaired) electrons. The van der Waals surface area contributed by atoms with Crippen molar-refractivity contribution in [1.82, 2.24) is 0 Å². The van der Waals surface area contributed by atoms with Gasteiger partial charge in [-0.25, -0.2) is 4.57 Å². The van der Waals surface area contributed by atoms with Gasteiger partial charge in [-0.1, -0.05) is 6.07 Å². The first-order valence-corrected chi connectivity index (χ1v) is 6.24. The summed E-state index contributed by atoms with van der Waals surface area (Å²) < 4.78 is 2.18. The summed E-state index contributed by atoms with van der Waals surface area (Å²) in [5, 5.41) is 0. The molecule has 0 atom stereocenters. The van der Waals surface area contributed by atoms with Crippen molar-refractivity contribution in [2.75, 3.05) is 5.73 Å². The van der Waals surface area contributed by atoms with Crippen LogP contribution in [0.3, 0.4) is 0 Å². The summed E-state index contributed by atoms with van der Waals surface area (Å²) >= 11 is 0. The molecule has 0 bridgehead atoms. The first-order valence-electron chi connectivity index (χ1n) is 6.24. The normalized spacial score (nSPS) is 10.7. The van der Waals surface area contributed by atoms with Gasteiger partial charge in [0.25, 0.3) is 0 Å². The molecule has 1 aromatic carbocycles. The van der Waals surface area contributed by atoms with Crippen molar-refractivity contribution in [3.05, 3.63) is 46.6 Å². The highest BCUT2D eigenvalue weighted by Gasteiger charge is 2.17. The first-order chi connectivity index (χ1) is 8.40. The highest BCUT2D eigenvalue weighted by Crippen LogP contribution is 2.27. The minimum absolute atomic E-state index is 0.857. The van der Waals surface area contributed by atoms with E-state index in [1.165, 1.54) is 27.9 Å². The van der Waals surface area contributed by atoms with Crippen LogP contribution >= 0.6 is 0 Å². The Kier molecular flexibility index (Phi) is 3.12. The minimum Gasteiger partial charge on any atom is -0.398 e. The highest BCUT2D eigenvalue weighted by molar-refractivity contribution is 5.70. The van der Waals surface area contributed by atoms with E-state index >= 15 is 0 Å². The van der Waals surface area contributed by atoms with E-state index in [2.05, 4.69) is 56.8 Å². The fourth-order valence-corrected chi connectivity index (χ4v) is 2.62. The SMILES string of the molecule is Cc1cc(C)c(-c2cc(N)c(C)cc2C)[n+](C)c1. The summed E-state index contributed by atoms with van der Waals surface area (Å²) in [7, 11) is 2.09. The molecule has 1 aromatic heterocycles. The summed E-state index contributed by atoms with van der Waals surface area (Å²) in [6, 6.07) is 6.46. The maximum absolute atomic E-state index is 6.05. The van der Waals surface area contributed by atoms with E-state index in [1.54, 1.807) is 0 Å². The summed E-state index contributed by atoms with van der Waals surface area (Å²) in [5.41, 5.74) is 14.3. The predicted molar refractivity (Wildman–Crippen MR) is 76.4 cm³/mol. The van der Waals surface area contributed by atoms with Crippen LogP contribution in [-0.2, 0) is 7.05 Å². The molecule has 2 N–H and O–H groups in total. The fraction of sp³-hybridized carbons (Fsp3) is 0.312. The lowest BCUT2D eigenvalue weighted by atomic mass is 9.97. The molecule has 2 aromatic rings. The summed E-state index contributed by atoms with van der Waals surface area (Å²) in [4.78, 5) is 0. The van der Waals surface area contributed by atoms with Crippen LogP contribution in [0.5, 0.6) is 0 Å². The molecule has 1 heterocycles. The van der Waals surface area contributed by atoms with Crippen LogP contribution in [0.4, 0.5) is 5.69 Å². The number of hydrogen-bond acceptors (Lipinski definition) is 1. The number of nitrogen functional groups attached to an aromatic ring is 1. The molecule has 0 spiro atoms. The topological polar surface area (TPSA) is 29.9 Å². The van der Waals surface area contributed by atoms with Crippen LogP contribution in [0, 0.1) is 27.7 Å². The molecular weight excluding hydrogens is 220 g/mol. The molecule has 18 heavy (non-hydrogen) atoms. The second kappa shape index (κ2) is 4.45. The van der Waals surface area contributed by atoms with Gasteiger partial charge in [0, 0.05) is 16.8 Å². The standard InChI is InChI=1S/C16H21N2/c1-10-6-13(4)16(18(5)9-10)14-8-15(17)12(3)7-11(14)2/h6-9H,17H2,1-5H3/q+1. The van der Waals surface area contributed by atoms with Crippen molar-refractivity contribution in [1.29, 1.82) is 0 Å².